The van der Waals surface area contributed by atoms with Crippen LogP contribution in [0.25, 0.3) is 0 Å². The maximum Gasteiger partial charge on any atom is 0.303 e. The zero-order chi connectivity index (χ0) is 13.8. The highest BCUT2D eigenvalue weighted by Gasteiger charge is 2.25. The van der Waals surface area contributed by atoms with Crippen LogP contribution in [0.2, 0.25) is 0 Å². The normalized spacial score (nSPS) is 20.1. The Morgan fingerprint density at radius 1 is 1.32 bits per heavy atom. The molecule has 0 aromatic carbocycles. The third kappa shape index (κ3) is 3.56. The molecular weight excluding hydrogens is 244 g/mol. The Labute approximate surface area is 113 Å². The van der Waals surface area contributed by atoms with E-state index in [1.54, 1.807) is 0 Å². The first-order chi connectivity index (χ1) is 9.08. The van der Waals surface area contributed by atoms with Crippen LogP contribution in [-0.2, 0) is 9.59 Å². The molecule has 2 aliphatic rings. The first-order valence-corrected chi connectivity index (χ1v) is 6.98. The quantitative estimate of drug-likeness (QED) is 0.745. The van der Waals surface area contributed by atoms with Gasteiger partial charge in [0.1, 0.15) is 0 Å². The molecule has 2 saturated heterocycles. The summed E-state index contributed by atoms with van der Waals surface area (Å²) < 4.78 is 0. The lowest BCUT2D eigenvalue weighted by atomic mass is 9.91. The highest BCUT2D eigenvalue weighted by Crippen LogP contribution is 2.23. The predicted molar refractivity (Wildman–Crippen MR) is 71.7 cm³/mol. The van der Waals surface area contributed by atoms with Crippen molar-refractivity contribution in [3.8, 4) is 0 Å². The number of rotatable bonds is 4. The van der Waals surface area contributed by atoms with E-state index in [1.165, 1.54) is 5.57 Å². The Morgan fingerprint density at radius 2 is 1.95 bits per heavy atom. The van der Waals surface area contributed by atoms with Crippen molar-refractivity contribution >= 4 is 11.9 Å². The molecule has 2 aliphatic heterocycles. The van der Waals surface area contributed by atoms with Crippen molar-refractivity contribution < 1.29 is 14.7 Å². The summed E-state index contributed by atoms with van der Waals surface area (Å²) in [6, 6.07) is 0. The molecule has 2 N–H and O–H groups in total. The Balaban J connectivity index is 1.79. The fourth-order valence-electron chi connectivity index (χ4n) is 2.66. The van der Waals surface area contributed by atoms with E-state index < -0.39 is 5.97 Å². The maximum absolute atomic E-state index is 12.3. The number of amides is 1. The van der Waals surface area contributed by atoms with Crippen LogP contribution in [0, 0.1) is 5.92 Å². The Kier molecular flexibility index (Phi) is 4.58. The zero-order valence-corrected chi connectivity index (χ0v) is 11.4. The summed E-state index contributed by atoms with van der Waals surface area (Å²) in [4.78, 5) is 24.7. The molecule has 0 spiro atoms. The van der Waals surface area contributed by atoms with Gasteiger partial charge >= 0.3 is 5.97 Å². The van der Waals surface area contributed by atoms with Crippen molar-refractivity contribution in [2.24, 2.45) is 5.92 Å². The molecule has 0 aliphatic carbocycles. The van der Waals surface area contributed by atoms with Crippen molar-refractivity contribution in [2.45, 2.75) is 32.6 Å². The van der Waals surface area contributed by atoms with Crippen LogP contribution >= 0.6 is 0 Å². The number of aliphatic carboxylic acids is 1. The van der Waals surface area contributed by atoms with Gasteiger partial charge in [-0.15, -0.1) is 0 Å². The van der Waals surface area contributed by atoms with Crippen LogP contribution in [0.15, 0.2) is 11.1 Å². The van der Waals surface area contributed by atoms with Crippen LogP contribution in [0.3, 0.4) is 0 Å². The second kappa shape index (κ2) is 6.19. The molecule has 0 aromatic heterocycles. The van der Waals surface area contributed by atoms with Crippen molar-refractivity contribution in [3.05, 3.63) is 11.1 Å². The minimum Gasteiger partial charge on any atom is -0.481 e. The molecular formula is C14H22N2O3. The van der Waals surface area contributed by atoms with Crippen LogP contribution in [0.4, 0.5) is 0 Å². The average Bonchev–Trinajstić information content (AvgIpc) is 2.34. The lowest BCUT2D eigenvalue weighted by Gasteiger charge is -2.33. The molecule has 0 radical (unpaired) electrons. The van der Waals surface area contributed by atoms with Crippen LogP contribution < -0.4 is 5.32 Å². The zero-order valence-electron chi connectivity index (χ0n) is 11.4. The Morgan fingerprint density at radius 3 is 2.42 bits per heavy atom. The van der Waals surface area contributed by atoms with Gasteiger partial charge in [-0.1, -0.05) is 0 Å². The minimum atomic E-state index is -0.725. The lowest BCUT2D eigenvalue weighted by molar-refractivity contribution is -0.137. The summed E-state index contributed by atoms with van der Waals surface area (Å²) in [5.41, 5.74) is 2.11. The summed E-state index contributed by atoms with van der Waals surface area (Å²) >= 11 is 0. The molecule has 0 saturated carbocycles. The van der Waals surface area contributed by atoms with Gasteiger partial charge in [-0.2, -0.15) is 0 Å². The van der Waals surface area contributed by atoms with Gasteiger partial charge in [0.05, 0.1) is 0 Å². The molecule has 1 amide bonds. The van der Waals surface area contributed by atoms with Crippen LogP contribution in [-0.4, -0.2) is 48.1 Å². The first-order valence-electron chi connectivity index (χ1n) is 6.98. The van der Waals surface area contributed by atoms with E-state index in [4.69, 9.17) is 5.11 Å². The molecule has 0 aromatic rings. The Bertz CT molecular complexity index is 389. The number of carboxylic acid groups (broad SMARTS) is 1. The fraction of sp³-hybridized carbons (Fsp3) is 0.714. The van der Waals surface area contributed by atoms with E-state index >= 15 is 0 Å². The van der Waals surface area contributed by atoms with Crippen molar-refractivity contribution in [3.63, 3.8) is 0 Å². The van der Waals surface area contributed by atoms with Gasteiger partial charge in [-0.3, -0.25) is 9.59 Å². The topological polar surface area (TPSA) is 69.6 Å². The van der Waals surface area contributed by atoms with Gasteiger partial charge in [-0.05, 0) is 37.7 Å². The van der Waals surface area contributed by atoms with E-state index in [9.17, 15) is 9.59 Å². The number of nitrogens with zero attached hydrogens (tertiary/aromatic N) is 1. The van der Waals surface area contributed by atoms with E-state index in [0.29, 0.717) is 5.92 Å². The average molecular weight is 266 g/mol. The minimum absolute atomic E-state index is 0.160. The maximum atomic E-state index is 12.3. The van der Waals surface area contributed by atoms with Crippen molar-refractivity contribution in [1.29, 1.82) is 0 Å². The number of nitrogens with one attached hydrogen (secondary N) is 1. The highest BCUT2D eigenvalue weighted by atomic mass is 16.4. The molecule has 106 valence electrons. The van der Waals surface area contributed by atoms with Gasteiger partial charge in [0, 0.05) is 38.2 Å². The number of hydrogen-bond acceptors (Lipinski definition) is 3. The highest BCUT2D eigenvalue weighted by molar-refractivity contribution is 5.94. The third-order valence-electron chi connectivity index (χ3n) is 4.20. The summed E-state index contributed by atoms with van der Waals surface area (Å²) in [7, 11) is 0. The van der Waals surface area contributed by atoms with Crippen LogP contribution in [0.5, 0.6) is 0 Å². The summed E-state index contributed by atoms with van der Waals surface area (Å²) in [6.45, 7) is 5.12. The monoisotopic (exact) mass is 266 g/mol. The summed E-state index contributed by atoms with van der Waals surface area (Å²) in [6.07, 6.45) is 2.84. The Hall–Kier alpha value is -1.36. The molecule has 5 nitrogen and oxygen atoms in total. The molecule has 5 heteroatoms. The van der Waals surface area contributed by atoms with E-state index in [1.807, 2.05) is 11.8 Å². The lowest BCUT2D eigenvalue weighted by Crippen LogP contribution is -2.42. The van der Waals surface area contributed by atoms with Gasteiger partial charge < -0.3 is 15.3 Å². The molecule has 2 fully saturated rings. The SMILES string of the molecule is CC(C(=O)N1CCC(CCC(=O)O)CC1)=C1CNC1. The summed E-state index contributed by atoms with van der Waals surface area (Å²) in [5.74, 6) is -0.108. The van der Waals surface area contributed by atoms with Crippen LogP contribution in [0.1, 0.15) is 32.6 Å². The number of carbonyl (C=O) groups excluding carboxylic acids is 1. The second-order valence-corrected chi connectivity index (χ2v) is 5.50. The van der Waals surface area contributed by atoms with Gasteiger partial charge in [-0.25, -0.2) is 0 Å². The predicted octanol–water partition coefficient (Wildman–Crippen LogP) is 1.01. The van der Waals surface area contributed by atoms with E-state index in [2.05, 4.69) is 5.32 Å². The second-order valence-electron chi connectivity index (χ2n) is 5.50. The molecule has 0 unspecified atom stereocenters. The number of carbonyl (C=O) groups is 2. The summed E-state index contributed by atoms with van der Waals surface area (Å²) in [5, 5.41) is 11.8. The molecule has 0 atom stereocenters. The van der Waals surface area contributed by atoms with E-state index in [0.717, 1.165) is 51.0 Å². The van der Waals surface area contributed by atoms with Gasteiger partial charge in [0.15, 0.2) is 0 Å². The largest absolute Gasteiger partial charge is 0.481 e. The number of carboxylic acids is 1. The fourth-order valence-corrected chi connectivity index (χ4v) is 2.66. The molecule has 2 heterocycles. The standard InChI is InChI=1S/C14H22N2O3/c1-10(12-8-15-9-12)14(19)16-6-4-11(5-7-16)2-3-13(17)18/h11,15H,2-9H2,1H3,(H,17,18). The van der Waals surface area contributed by atoms with E-state index in [-0.39, 0.29) is 12.3 Å². The number of likely N-dealkylation sites (tertiary alicyclic amines) is 1. The number of hydrogen-bond donors (Lipinski definition) is 2. The van der Waals surface area contributed by atoms with Gasteiger partial charge in [0.2, 0.25) is 5.91 Å². The molecule has 19 heavy (non-hydrogen) atoms. The van der Waals surface area contributed by atoms with Gasteiger partial charge in [0.25, 0.3) is 0 Å². The van der Waals surface area contributed by atoms with Crippen molar-refractivity contribution in [1.82, 2.24) is 10.2 Å². The number of piperidine rings is 1. The molecule has 2 rings (SSSR count). The first kappa shape index (κ1) is 14.1. The molecule has 0 bridgehead atoms. The van der Waals surface area contributed by atoms with Crippen molar-refractivity contribution in [2.75, 3.05) is 26.2 Å². The third-order valence-corrected chi connectivity index (χ3v) is 4.20. The smallest absolute Gasteiger partial charge is 0.303 e.